The first kappa shape index (κ1) is 12.0. The molecule has 1 aromatic carbocycles. The molecule has 1 atom stereocenters. The number of halogens is 2. The molecule has 0 spiro atoms. The van der Waals surface area contributed by atoms with Crippen LogP contribution in [0.15, 0.2) is 18.2 Å². The summed E-state index contributed by atoms with van der Waals surface area (Å²) in [6.07, 6.45) is 0. The minimum absolute atomic E-state index is 0. The van der Waals surface area contributed by atoms with Crippen molar-refractivity contribution in [2.45, 2.75) is 6.04 Å². The third-order valence-corrected chi connectivity index (χ3v) is 1.58. The van der Waals surface area contributed by atoms with Crippen molar-refractivity contribution >= 4 is 12.4 Å². The van der Waals surface area contributed by atoms with Gasteiger partial charge in [-0.25, -0.2) is 4.39 Å². The van der Waals surface area contributed by atoms with E-state index in [2.05, 4.69) is 0 Å². The Hall–Kier alpha value is -1.00. The first-order valence-corrected chi connectivity index (χ1v) is 3.48. The van der Waals surface area contributed by atoms with Gasteiger partial charge in [0.15, 0.2) is 0 Å². The molecule has 0 unspecified atom stereocenters. The maximum Gasteiger partial charge on any atom is 0.120 e. The highest BCUT2D eigenvalue weighted by atomic mass is 35.5. The molecule has 0 saturated carbocycles. The van der Waals surface area contributed by atoms with Gasteiger partial charge < -0.3 is 15.9 Å². The molecule has 0 aliphatic rings. The van der Waals surface area contributed by atoms with Crippen LogP contribution in [0.2, 0.25) is 0 Å². The zero-order valence-corrected chi connectivity index (χ0v) is 7.59. The fraction of sp³-hybridized carbons (Fsp3) is 0.250. The maximum absolute atomic E-state index is 12.1. The molecule has 0 amide bonds. The molecule has 1 rings (SSSR count). The number of benzene rings is 1. The van der Waals surface area contributed by atoms with Crippen LogP contribution in [0, 0.1) is 0 Å². The van der Waals surface area contributed by atoms with Gasteiger partial charge in [-0.3, -0.25) is 0 Å². The van der Waals surface area contributed by atoms with E-state index in [0.29, 0.717) is 0 Å². The van der Waals surface area contributed by atoms with Crippen LogP contribution in [-0.4, -0.2) is 16.9 Å². The van der Waals surface area contributed by atoms with Gasteiger partial charge in [-0.05, 0) is 18.2 Å². The van der Waals surface area contributed by atoms with Crippen molar-refractivity contribution < 1.29 is 14.6 Å². The van der Waals surface area contributed by atoms with Crippen molar-refractivity contribution in [1.82, 2.24) is 0 Å². The average Bonchev–Trinajstić information content (AvgIpc) is 2.08. The van der Waals surface area contributed by atoms with Gasteiger partial charge in [0.25, 0.3) is 0 Å². The van der Waals surface area contributed by atoms with Gasteiger partial charge in [-0.2, -0.15) is 0 Å². The van der Waals surface area contributed by atoms with Gasteiger partial charge in [0.2, 0.25) is 0 Å². The highest BCUT2D eigenvalue weighted by Gasteiger charge is 2.10. The number of phenolic OH excluding ortho intramolecular Hbond substituents is 2. The van der Waals surface area contributed by atoms with Crippen LogP contribution in [0.4, 0.5) is 4.39 Å². The van der Waals surface area contributed by atoms with Crippen molar-refractivity contribution in [3.63, 3.8) is 0 Å². The molecule has 0 aliphatic heterocycles. The Morgan fingerprint density at radius 2 is 2.00 bits per heavy atom. The molecular formula is C8H11ClFNO2. The summed E-state index contributed by atoms with van der Waals surface area (Å²) in [5.74, 6) is -0.135. The summed E-state index contributed by atoms with van der Waals surface area (Å²) >= 11 is 0. The Kier molecular flexibility index (Phi) is 4.51. The van der Waals surface area contributed by atoms with Crippen LogP contribution in [-0.2, 0) is 0 Å². The predicted octanol–water partition coefficient (Wildman–Crippen LogP) is 1.49. The Balaban J connectivity index is 0.00000144. The van der Waals surface area contributed by atoms with E-state index in [0.717, 1.165) is 0 Å². The summed E-state index contributed by atoms with van der Waals surface area (Å²) in [5, 5.41) is 18.2. The number of alkyl halides is 1. The van der Waals surface area contributed by atoms with E-state index in [1.807, 2.05) is 0 Å². The molecule has 0 aromatic heterocycles. The first-order valence-electron chi connectivity index (χ1n) is 3.48. The van der Waals surface area contributed by atoms with Crippen LogP contribution in [0.3, 0.4) is 0 Å². The Labute approximate surface area is 81.4 Å². The molecule has 0 radical (unpaired) electrons. The summed E-state index contributed by atoms with van der Waals surface area (Å²) in [7, 11) is 0. The minimum atomic E-state index is -0.878. The van der Waals surface area contributed by atoms with Crippen molar-refractivity contribution in [3.05, 3.63) is 23.8 Å². The highest BCUT2D eigenvalue weighted by molar-refractivity contribution is 5.85. The molecule has 0 heterocycles. The lowest BCUT2D eigenvalue weighted by atomic mass is 10.1. The van der Waals surface area contributed by atoms with Gasteiger partial charge in [-0.1, -0.05) is 0 Å². The summed E-state index contributed by atoms with van der Waals surface area (Å²) in [6, 6.07) is 2.96. The van der Waals surface area contributed by atoms with Crippen molar-refractivity contribution in [2.75, 3.05) is 6.67 Å². The number of hydrogen-bond donors (Lipinski definition) is 3. The third-order valence-electron chi connectivity index (χ3n) is 1.58. The fourth-order valence-electron chi connectivity index (χ4n) is 0.922. The highest BCUT2D eigenvalue weighted by Crippen LogP contribution is 2.26. The van der Waals surface area contributed by atoms with E-state index in [9.17, 15) is 9.50 Å². The molecular weight excluding hydrogens is 197 g/mol. The zero-order valence-electron chi connectivity index (χ0n) is 6.77. The van der Waals surface area contributed by atoms with Crippen LogP contribution in [0.5, 0.6) is 11.5 Å². The molecule has 0 bridgehead atoms. The molecule has 1 aromatic rings. The Bertz CT molecular complexity index is 283. The first-order chi connectivity index (χ1) is 5.65. The SMILES string of the molecule is Cl.N[C@@H](CF)c1cc(O)ccc1O. The Morgan fingerprint density at radius 1 is 1.38 bits per heavy atom. The largest absolute Gasteiger partial charge is 0.508 e. The summed E-state index contributed by atoms with van der Waals surface area (Å²) in [5.41, 5.74) is 5.54. The molecule has 13 heavy (non-hydrogen) atoms. The van der Waals surface area contributed by atoms with Gasteiger partial charge in [0.05, 0.1) is 6.04 Å². The fourth-order valence-corrected chi connectivity index (χ4v) is 0.922. The third kappa shape index (κ3) is 2.75. The van der Waals surface area contributed by atoms with E-state index in [4.69, 9.17) is 10.8 Å². The molecule has 3 nitrogen and oxygen atoms in total. The molecule has 0 saturated heterocycles. The van der Waals surface area contributed by atoms with E-state index in [1.54, 1.807) is 0 Å². The smallest absolute Gasteiger partial charge is 0.120 e. The number of aromatic hydroxyl groups is 2. The van der Waals surface area contributed by atoms with Crippen LogP contribution >= 0.6 is 12.4 Å². The quantitative estimate of drug-likeness (QED) is 0.644. The average molecular weight is 208 g/mol. The molecule has 74 valence electrons. The van der Waals surface area contributed by atoms with Crippen molar-refractivity contribution in [2.24, 2.45) is 5.73 Å². The second-order valence-electron chi connectivity index (χ2n) is 2.50. The predicted molar refractivity (Wildman–Crippen MR) is 49.9 cm³/mol. The monoisotopic (exact) mass is 207 g/mol. The normalized spacial score (nSPS) is 11.8. The second kappa shape index (κ2) is 4.89. The lowest BCUT2D eigenvalue weighted by Gasteiger charge is -2.09. The van der Waals surface area contributed by atoms with Gasteiger partial charge in [-0.15, -0.1) is 12.4 Å². The van der Waals surface area contributed by atoms with Gasteiger partial charge >= 0.3 is 0 Å². The minimum Gasteiger partial charge on any atom is -0.508 e. The number of hydrogen-bond acceptors (Lipinski definition) is 3. The van der Waals surface area contributed by atoms with Crippen molar-refractivity contribution in [1.29, 1.82) is 0 Å². The van der Waals surface area contributed by atoms with E-state index >= 15 is 0 Å². The summed E-state index contributed by atoms with van der Waals surface area (Å²) in [6.45, 7) is -0.767. The van der Waals surface area contributed by atoms with Crippen LogP contribution < -0.4 is 5.73 Å². The summed E-state index contributed by atoms with van der Waals surface area (Å²) < 4.78 is 12.1. The van der Waals surface area contributed by atoms with Crippen molar-refractivity contribution in [3.8, 4) is 11.5 Å². The molecule has 0 aliphatic carbocycles. The Morgan fingerprint density at radius 3 is 2.54 bits per heavy atom. The molecule has 0 fully saturated rings. The summed E-state index contributed by atoms with van der Waals surface area (Å²) in [4.78, 5) is 0. The van der Waals surface area contributed by atoms with E-state index < -0.39 is 12.7 Å². The standard InChI is InChI=1S/C8H10FNO2.ClH/c9-4-7(10)6-3-5(11)1-2-8(6)12;/h1-3,7,11-12H,4,10H2;1H/t7-;/m0./s1. The lowest BCUT2D eigenvalue weighted by Crippen LogP contribution is -2.12. The number of rotatable bonds is 2. The van der Waals surface area contributed by atoms with E-state index in [1.165, 1.54) is 18.2 Å². The topological polar surface area (TPSA) is 66.5 Å². The molecule has 5 heteroatoms. The number of nitrogens with two attached hydrogens (primary N) is 1. The lowest BCUT2D eigenvalue weighted by molar-refractivity contribution is 0.410. The number of phenols is 2. The zero-order chi connectivity index (χ0) is 9.14. The van der Waals surface area contributed by atoms with E-state index in [-0.39, 0.29) is 29.5 Å². The maximum atomic E-state index is 12.1. The van der Waals surface area contributed by atoms with Crippen LogP contribution in [0.1, 0.15) is 11.6 Å². The van der Waals surface area contributed by atoms with Gasteiger partial charge in [0.1, 0.15) is 18.2 Å². The molecule has 4 N–H and O–H groups in total. The second-order valence-corrected chi connectivity index (χ2v) is 2.50. The van der Waals surface area contributed by atoms with Gasteiger partial charge in [0, 0.05) is 5.56 Å². The van der Waals surface area contributed by atoms with Crippen LogP contribution in [0.25, 0.3) is 0 Å².